The Morgan fingerprint density at radius 2 is 0.538 bits per heavy atom. The molecule has 0 N–H and O–H groups in total. The van der Waals surface area contributed by atoms with E-state index in [1.165, 1.54) is 25.7 Å². The van der Waals surface area contributed by atoms with Crippen LogP contribution in [-0.4, -0.2) is 25.1 Å². The quantitative estimate of drug-likeness (QED) is 0.121. The van der Waals surface area contributed by atoms with E-state index in [-0.39, 0.29) is 74.7 Å². The van der Waals surface area contributed by atoms with Crippen LogP contribution in [0.15, 0.2) is 0 Å². The van der Waals surface area contributed by atoms with Gasteiger partial charge < -0.3 is 19.2 Å². The fraction of sp³-hybridized carbons (Fsp3) is 0.875. The first kappa shape index (κ1) is 55.1. The van der Waals surface area contributed by atoms with E-state index in [0.29, 0.717) is 0 Å². The van der Waals surface area contributed by atoms with Crippen LogP contribution in [0, 0.1) is 23.7 Å². The molecule has 0 saturated carbocycles. The number of halogens is 2. The van der Waals surface area contributed by atoms with Crippen LogP contribution in [0.3, 0.4) is 0 Å². The van der Waals surface area contributed by atoms with Crippen LogP contribution < -0.4 is 0 Å². The first-order chi connectivity index (χ1) is 17.4. The predicted octanol–water partition coefficient (Wildman–Crippen LogP) is 10.1. The largest absolute Gasteiger partial charge is 4.00 e. The maximum Gasteiger partial charge on any atom is 4.00 e. The molecule has 4 nitrogen and oxygen atoms in total. The SMILES string of the molecule is CCCCC([C-]=O)CC.CCCCC([C-]=O)CC.CCCCC([C-]=O)CC.CCCCC([C-]=O)CC.Cl.Cl.[Zr+4]. The van der Waals surface area contributed by atoms with Gasteiger partial charge in [-0.15, -0.1) is 48.5 Å². The molecule has 0 aliphatic carbocycles. The molecule has 0 amide bonds. The van der Waals surface area contributed by atoms with Gasteiger partial charge in [-0.05, 0) is 0 Å². The molecule has 0 bridgehead atoms. The van der Waals surface area contributed by atoms with E-state index in [2.05, 4.69) is 27.7 Å². The minimum atomic E-state index is 0. The zero-order chi connectivity index (χ0) is 28.5. The van der Waals surface area contributed by atoms with Gasteiger partial charge in [0.05, 0.1) is 0 Å². The topological polar surface area (TPSA) is 68.3 Å². The minimum Gasteiger partial charge on any atom is -0.542 e. The van der Waals surface area contributed by atoms with Crippen molar-refractivity contribution < 1.29 is 45.4 Å². The molecule has 0 aromatic carbocycles. The molecule has 0 aromatic heterocycles. The number of carbonyl (C=O) groups excluding carboxylic acids is 4. The van der Waals surface area contributed by atoms with E-state index < -0.39 is 0 Å². The van der Waals surface area contributed by atoms with Gasteiger partial charge in [0.2, 0.25) is 0 Å². The summed E-state index contributed by atoms with van der Waals surface area (Å²) in [7, 11) is 0. The summed E-state index contributed by atoms with van der Waals surface area (Å²) < 4.78 is 0. The Kier molecular flexibility index (Phi) is 72.0. The maximum atomic E-state index is 10.1. The molecule has 0 saturated heterocycles. The molecule has 0 aliphatic rings. The fourth-order valence-corrected chi connectivity index (χ4v) is 3.19. The minimum absolute atomic E-state index is 0. The summed E-state index contributed by atoms with van der Waals surface area (Å²) >= 11 is 0. The van der Waals surface area contributed by atoms with Crippen LogP contribution in [0.25, 0.3) is 0 Å². The van der Waals surface area contributed by atoms with Gasteiger partial charge in [0, 0.05) is 0 Å². The third-order valence-electron chi connectivity index (χ3n) is 6.26. The molecule has 0 spiro atoms. The van der Waals surface area contributed by atoms with Crippen molar-refractivity contribution in [3.8, 4) is 0 Å². The number of unbranched alkanes of at least 4 members (excludes halogenated alkanes) is 4. The van der Waals surface area contributed by atoms with Crippen LogP contribution >= 0.6 is 24.8 Å². The van der Waals surface area contributed by atoms with E-state index in [9.17, 15) is 19.2 Å². The molecule has 0 heterocycles. The standard InChI is InChI=1S/4C8H15O.2ClH.Zr/c4*1-3-5-6-8(4-2)7-9;;;/h4*8H,3-6H2,1-2H3;2*1H;/q4*-1;;;+4. The Hall–Kier alpha value is 0.143. The Labute approximate surface area is 275 Å². The summed E-state index contributed by atoms with van der Waals surface area (Å²) in [6.07, 6.45) is 25.4. The molecule has 39 heavy (non-hydrogen) atoms. The van der Waals surface area contributed by atoms with Gasteiger partial charge >= 0.3 is 26.2 Å². The summed E-state index contributed by atoms with van der Waals surface area (Å²) in [5.74, 6) is 0.796. The van der Waals surface area contributed by atoms with Crippen molar-refractivity contribution in [3.63, 3.8) is 0 Å². The molecule has 232 valence electrons. The fourth-order valence-electron chi connectivity index (χ4n) is 3.19. The van der Waals surface area contributed by atoms with Gasteiger partial charge in [0.15, 0.2) is 0 Å². The van der Waals surface area contributed by atoms with Crippen molar-refractivity contribution in [1.82, 2.24) is 0 Å². The molecule has 4 unspecified atom stereocenters. The third kappa shape index (κ3) is 48.2. The van der Waals surface area contributed by atoms with Gasteiger partial charge in [-0.25, -0.2) is 0 Å². The van der Waals surface area contributed by atoms with Crippen molar-refractivity contribution in [2.45, 2.75) is 158 Å². The van der Waals surface area contributed by atoms with Gasteiger partial charge in [-0.3, -0.25) is 25.1 Å². The van der Waals surface area contributed by atoms with Crippen LogP contribution in [0.1, 0.15) is 158 Å². The molecule has 0 aromatic rings. The molecular formula is C32H62Cl2O4Zr. The monoisotopic (exact) mass is 670 g/mol. The molecule has 0 radical (unpaired) electrons. The number of hydrogen-bond donors (Lipinski definition) is 0. The third-order valence-corrected chi connectivity index (χ3v) is 6.26. The second-order valence-electron chi connectivity index (χ2n) is 9.46. The molecular weight excluding hydrogens is 610 g/mol. The summed E-state index contributed by atoms with van der Waals surface area (Å²) in [5.41, 5.74) is 0. The first-order valence-electron chi connectivity index (χ1n) is 14.9. The van der Waals surface area contributed by atoms with Crippen LogP contribution in [0.4, 0.5) is 0 Å². The van der Waals surface area contributed by atoms with E-state index in [0.717, 1.165) is 77.0 Å². The van der Waals surface area contributed by atoms with Gasteiger partial charge in [-0.2, -0.15) is 0 Å². The number of rotatable bonds is 20. The van der Waals surface area contributed by atoms with Crippen LogP contribution in [0.2, 0.25) is 0 Å². The normalized spacial score (nSPS) is 12.1. The van der Waals surface area contributed by atoms with Crippen molar-refractivity contribution in [2.75, 3.05) is 0 Å². The summed E-state index contributed by atoms with van der Waals surface area (Å²) in [4.78, 5) is 40.5. The van der Waals surface area contributed by atoms with Crippen molar-refractivity contribution in [2.24, 2.45) is 23.7 Å². The van der Waals surface area contributed by atoms with Crippen molar-refractivity contribution in [3.05, 3.63) is 0 Å². The summed E-state index contributed by atoms with van der Waals surface area (Å²) in [5, 5.41) is 0. The molecule has 7 heteroatoms. The Morgan fingerprint density at radius 3 is 0.615 bits per heavy atom. The zero-order valence-electron chi connectivity index (χ0n) is 26.6. The summed E-state index contributed by atoms with van der Waals surface area (Å²) in [6, 6.07) is 0. The van der Waals surface area contributed by atoms with E-state index >= 15 is 0 Å². The first-order valence-corrected chi connectivity index (χ1v) is 14.9. The van der Waals surface area contributed by atoms with Crippen molar-refractivity contribution >= 4 is 50.0 Å². The van der Waals surface area contributed by atoms with E-state index in [1.54, 1.807) is 0 Å². The average Bonchev–Trinajstić information content (AvgIpc) is 2.92. The predicted molar refractivity (Wildman–Crippen MR) is 170 cm³/mol. The van der Waals surface area contributed by atoms with Gasteiger partial charge in [0.1, 0.15) is 0 Å². The van der Waals surface area contributed by atoms with Gasteiger partial charge in [0.25, 0.3) is 0 Å². The molecule has 4 atom stereocenters. The van der Waals surface area contributed by atoms with Crippen LogP contribution in [-0.2, 0) is 45.4 Å². The second-order valence-corrected chi connectivity index (χ2v) is 9.46. The van der Waals surface area contributed by atoms with Crippen molar-refractivity contribution in [1.29, 1.82) is 0 Å². The smallest absolute Gasteiger partial charge is 0.542 e. The molecule has 0 fully saturated rings. The van der Waals surface area contributed by atoms with Gasteiger partial charge in [-0.1, -0.05) is 158 Å². The molecule has 0 rings (SSSR count). The average molecular weight is 673 g/mol. The Morgan fingerprint density at radius 1 is 0.385 bits per heavy atom. The van der Waals surface area contributed by atoms with E-state index in [4.69, 9.17) is 0 Å². The summed E-state index contributed by atoms with van der Waals surface area (Å²) in [6.45, 7) is 16.7. The second kappa shape index (κ2) is 50.9. The van der Waals surface area contributed by atoms with Crippen LogP contribution in [0.5, 0.6) is 0 Å². The Balaban J connectivity index is -0.0000000683. The number of hydrogen-bond acceptors (Lipinski definition) is 4. The Bertz CT molecular complexity index is 374. The van der Waals surface area contributed by atoms with E-state index in [1.807, 2.05) is 52.8 Å². The maximum absolute atomic E-state index is 10.1. The zero-order valence-corrected chi connectivity index (χ0v) is 30.7. The molecule has 0 aliphatic heterocycles.